The standard InChI is InChI=1S/C32H28ClN3O4/c1-3-14-40-21-9-6-8-19(16-21)28(37)26-25-12-7-13-36(25)32(23-17-20(33)15-18(2)27(23)35-30(32)39)31(26)22-10-4-5-11-24(22)34-29(31)38/h3-6,8-11,15-17,25-26H,1,7,12-14H2,2H3,(H,34,38)(H,35,39). The maximum absolute atomic E-state index is 14.8. The molecule has 202 valence electrons. The van der Waals surface area contributed by atoms with E-state index in [1.165, 1.54) is 0 Å². The summed E-state index contributed by atoms with van der Waals surface area (Å²) >= 11 is 6.62. The van der Waals surface area contributed by atoms with Gasteiger partial charge in [0.2, 0.25) is 5.91 Å². The largest absolute Gasteiger partial charge is 0.490 e. The first-order chi connectivity index (χ1) is 19.3. The van der Waals surface area contributed by atoms with Crippen LogP contribution < -0.4 is 15.4 Å². The van der Waals surface area contributed by atoms with Crippen molar-refractivity contribution in [1.29, 1.82) is 0 Å². The number of rotatable bonds is 5. The molecule has 2 amide bonds. The second kappa shape index (κ2) is 8.78. The molecule has 40 heavy (non-hydrogen) atoms. The lowest BCUT2D eigenvalue weighted by Gasteiger charge is -2.43. The minimum atomic E-state index is -1.52. The van der Waals surface area contributed by atoms with Crippen molar-refractivity contribution in [2.24, 2.45) is 5.92 Å². The molecule has 7 nitrogen and oxygen atoms in total. The molecule has 2 fully saturated rings. The molecule has 3 aromatic rings. The molecule has 4 aliphatic rings. The highest BCUT2D eigenvalue weighted by atomic mass is 35.5. The van der Waals surface area contributed by atoms with E-state index < -0.39 is 16.9 Å². The average Bonchev–Trinajstić information content (AvgIpc) is 3.66. The topological polar surface area (TPSA) is 87.7 Å². The smallest absolute Gasteiger partial charge is 0.251 e. The monoisotopic (exact) mass is 553 g/mol. The van der Waals surface area contributed by atoms with E-state index in [1.807, 2.05) is 37.3 Å². The van der Waals surface area contributed by atoms with E-state index in [2.05, 4.69) is 22.1 Å². The van der Waals surface area contributed by atoms with Gasteiger partial charge in [-0.15, -0.1) is 0 Å². The van der Waals surface area contributed by atoms with Crippen LogP contribution in [-0.4, -0.2) is 41.7 Å². The SMILES string of the molecule is C=CCOc1cccc(C(=O)C2C3CCCN3C3(C(=O)Nc4c(C)cc(Cl)cc43)C23C(=O)Nc2ccccc23)c1. The molecular weight excluding hydrogens is 526 g/mol. The van der Waals surface area contributed by atoms with Crippen molar-refractivity contribution in [3.05, 3.63) is 101 Å². The lowest BCUT2D eigenvalue weighted by Crippen LogP contribution is -2.62. The van der Waals surface area contributed by atoms with Crippen molar-refractivity contribution < 1.29 is 19.1 Å². The predicted octanol–water partition coefficient (Wildman–Crippen LogP) is 5.23. The van der Waals surface area contributed by atoms with Crippen molar-refractivity contribution in [3.63, 3.8) is 0 Å². The van der Waals surface area contributed by atoms with Crippen molar-refractivity contribution in [1.82, 2.24) is 4.90 Å². The number of aryl methyl sites for hydroxylation is 1. The fourth-order valence-corrected chi connectivity index (χ4v) is 8.16. The zero-order valence-electron chi connectivity index (χ0n) is 22.0. The molecule has 7 rings (SSSR count). The molecule has 4 aliphatic heterocycles. The number of nitrogens with zero attached hydrogens (tertiary/aromatic N) is 1. The summed E-state index contributed by atoms with van der Waals surface area (Å²) in [6.07, 6.45) is 3.13. The van der Waals surface area contributed by atoms with Gasteiger partial charge in [0, 0.05) is 33.6 Å². The summed E-state index contributed by atoms with van der Waals surface area (Å²) in [5.41, 5.74) is 0.870. The molecule has 4 heterocycles. The Kier molecular flexibility index (Phi) is 5.50. The van der Waals surface area contributed by atoms with Gasteiger partial charge >= 0.3 is 0 Å². The number of halogens is 1. The molecule has 0 aromatic heterocycles. The van der Waals surface area contributed by atoms with E-state index in [4.69, 9.17) is 16.3 Å². The first-order valence-electron chi connectivity index (χ1n) is 13.5. The highest BCUT2D eigenvalue weighted by molar-refractivity contribution is 6.31. The van der Waals surface area contributed by atoms with Crippen molar-refractivity contribution in [2.75, 3.05) is 23.8 Å². The molecule has 3 aromatic carbocycles. The normalized spacial score (nSPS) is 27.9. The number of benzene rings is 3. The van der Waals surface area contributed by atoms with Gasteiger partial charge in [0.05, 0.1) is 5.92 Å². The van der Waals surface area contributed by atoms with Gasteiger partial charge in [0.25, 0.3) is 5.91 Å². The van der Waals surface area contributed by atoms with Gasteiger partial charge in [-0.3, -0.25) is 19.3 Å². The van der Waals surface area contributed by atoms with E-state index in [0.717, 1.165) is 12.0 Å². The number of hydrogen-bond donors (Lipinski definition) is 2. The van der Waals surface area contributed by atoms with Crippen molar-refractivity contribution >= 4 is 40.6 Å². The first-order valence-corrected chi connectivity index (χ1v) is 13.9. The number of fused-ring (bicyclic) bond motifs is 7. The summed E-state index contributed by atoms with van der Waals surface area (Å²) in [4.78, 5) is 46.0. The number of Topliss-reactive ketones (excluding diaryl/α,β-unsaturated/α-hetero) is 1. The summed E-state index contributed by atoms with van der Waals surface area (Å²) in [6, 6.07) is 17.7. The fourth-order valence-electron chi connectivity index (χ4n) is 7.89. The molecule has 0 radical (unpaired) electrons. The van der Waals surface area contributed by atoms with Crippen LogP contribution >= 0.6 is 11.6 Å². The Bertz CT molecular complexity index is 1640. The van der Waals surface area contributed by atoms with Gasteiger partial charge in [-0.1, -0.05) is 54.6 Å². The number of nitrogens with one attached hydrogen (secondary N) is 2. The summed E-state index contributed by atoms with van der Waals surface area (Å²) in [6.45, 7) is 6.47. The summed E-state index contributed by atoms with van der Waals surface area (Å²) in [5, 5.41) is 6.65. The molecule has 4 atom stereocenters. The van der Waals surface area contributed by atoms with E-state index in [-0.39, 0.29) is 23.6 Å². The molecule has 2 N–H and O–H groups in total. The molecule has 8 heteroatoms. The number of anilines is 2. The summed E-state index contributed by atoms with van der Waals surface area (Å²) in [5.74, 6) is -1.13. The summed E-state index contributed by atoms with van der Waals surface area (Å²) in [7, 11) is 0. The number of carbonyl (C=O) groups excluding carboxylic acids is 3. The van der Waals surface area contributed by atoms with Crippen LogP contribution in [-0.2, 0) is 20.5 Å². The van der Waals surface area contributed by atoms with Gasteiger partial charge in [0.15, 0.2) is 5.78 Å². The Balaban J connectivity index is 1.54. The first kappa shape index (κ1) is 25.1. The predicted molar refractivity (Wildman–Crippen MR) is 153 cm³/mol. The Morgan fingerprint density at radius 1 is 1.10 bits per heavy atom. The molecule has 4 unspecified atom stereocenters. The maximum atomic E-state index is 14.8. The Hall–Kier alpha value is -3.94. The lowest BCUT2D eigenvalue weighted by molar-refractivity contribution is -0.137. The van der Waals surface area contributed by atoms with Crippen LogP contribution in [0.2, 0.25) is 5.02 Å². The minimum Gasteiger partial charge on any atom is -0.490 e. The van der Waals surface area contributed by atoms with E-state index >= 15 is 0 Å². The Labute approximate surface area is 237 Å². The van der Waals surface area contributed by atoms with Crippen molar-refractivity contribution in [2.45, 2.75) is 36.8 Å². The fraction of sp³-hybridized carbons (Fsp3) is 0.281. The van der Waals surface area contributed by atoms with Gasteiger partial charge < -0.3 is 15.4 Å². The van der Waals surface area contributed by atoms with Crippen molar-refractivity contribution in [3.8, 4) is 5.75 Å². The molecule has 2 saturated heterocycles. The number of ketones is 1. The molecule has 0 bridgehead atoms. The average molecular weight is 554 g/mol. The van der Waals surface area contributed by atoms with Crippen LogP contribution in [0.25, 0.3) is 0 Å². The Morgan fingerprint density at radius 2 is 1.93 bits per heavy atom. The van der Waals surface area contributed by atoms with E-state index in [1.54, 1.807) is 36.4 Å². The van der Waals surface area contributed by atoms with E-state index in [9.17, 15) is 14.4 Å². The van der Waals surface area contributed by atoms with E-state index in [0.29, 0.717) is 58.4 Å². The van der Waals surface area contributed by atoms with Crippen LogP contribution in [0.5, 0.6) is 5.75 Å². The zero-order chi connectivity index (χ0) is 27.8. The van der Waals surface area contributed by atoms with Crippen LogP contribution in [0.4, 0.5) is 11.4 Å². The van der Waals surface area contributed by atoms with Crippen LogP contribution in [0.15, 0.2) is 73.3 Å². The third kappa shape index (κ3) is 2.96. The zero-order valence-corrected chi connectivity index (χ0v) is 22.8. The van der Waals surface area contributed by atoms with Gasteiger partial charge in [-0.05, 0) is 67.8 Å². The number of ether oxygens (including phenoxy) is 1. The molecule has 2 spiro atoms. The lowest BCUT2D eigenvalue weighted by atomic mass is 9.57. The van der Waals surface area contributed by atoms with Gasteiger partial charge in [-0.2, -0.15) is 0 Å². The van der Waals surface area contributed by atoms with Crippen LogP contribution in [0.3, 0.4) is 0 Å². The van der Waals surface area contributed by atoms with Crippen LogP contribution in [0.1, 0.15) is 39.9 Å². The molecule has 0 aliphatic carbocycles. The third-order valence-electron chi connectivity index (χ3n) is 9.14. The van der Waals surface area contributed by atoms with Gasteiger partial charge in [-0.25, -0.2) is 0 Å². The maximum Gasteiger partial charge on any atom is 0.251 e. The number of carbonyl (C=O) groups is 3. The van der Waals surface area contributed by atoms with Crippen LogP contribution in [0, 0.1) is 12.8 Å². The summed E-state index contributed by atoms with van der Waals surface area (Å²) < 4.78 is 5.73. The number of amides is 2. The second-order valence-electron chi connectivity index (χ2n) is 11.0. The highest BCUT2D eigenvalue weighted by Crippen LogP contribution is 2.68. The molecular formula is C32H28ClN3O4. The number of hydrogen-bond acceptors (Lipinski definition) is 5. The quantitative estimate of drug-likeness (QED) is 0.334. The third-order valence-corrected chi connectivity index (χ3v) is 9.35. The molecule has 0 saturated carbocycles. The van der Waals surface area contributed by atoms with Gasteiger partial charge in [0.1, 0.15) is 23.3 Å². The minimum absolute atomic E-state index is 0.190. The highest BCUT2D eigenvalue weighted by Gasteiger charge is 2.81. The Morgan fingerprint density at radius 3 is 2.75 bits per heavy atom. The number of para-hydroxylation sites is 1. The second-order valence-corrected chi connectivity index (χ2v) is 11.4.